The van der Waals surface area contributed by atoms with Gasteiger partial charge in [0, 0.05) is 22.3 Å². The summed E-state index contributed by atoms with van der Waals surface area (Å²) < 4.78 is 11.1. The molecule has 2 aromatic carbocycles. The van der Waals surface area contributed by atoms with E-state index in [0.29, 0.717) is 41.0 Å². The number of anilines is 1. The SMILES string of the molecule is CCOc1ccc(/C=C(/C#N)C(=O)Nc2ccc(C)c(Cl)c2)c(OCC)c1. The van der Waals surface area contributed by atoms with Crippen LogP contribution in [0.3, 0.4) is 0 Å². The predicted molar refractivity (Wildman–Crippen MR) is 107 cm³/mol. The van der Waals surface area contributed by atoms with Crippen LogP contribution in [0.5, 0.6) is 11.5 Å². The summed E-state index contributed by atoms with van der Waals surface area (Å²) in [4.78, 5) is 12.5. The Hall–Kier alpha value is -2.97. The summed E-state index contributed by atoms with van der Waals surface area (Å²) in [7, 11) is 0. The van der Waals surface area contributed by atoms with Crippen LogP contribution in [0.4, 0.5) is 5.69 Å². The minimum atomic E-state index is -0.520. The average molecular weight is 385 g/mol. The molecular weight excluding hydrogens is 364 g/mol. The van der Waals surface area contributed by atoms with Crippen LogP contribution in [0, 0.1) is 18.3 Å². The molecule has 0 heterocycles. The standard InChI is InChI=1S/C21H21ClN2O3/c1-4-26-18-9-7-15(20(12-18)27-5-2)10-16(13-23)21(25)24-17-8-6-14(3)19(22)11-17/h6-12H,4-5H2,1-3H3,(H,24,25)/b16-10-. The van der Waals surface area contributed by atoms with Crippen molar-refractivity contribution in [3.8, 4) is 17.6 Å². The minimum Gasteiger partial charge on any atom is -0.494 e. The van der Waals surface area contributed by atoms with Crippen molar-refractivity contribution in [1.29, 1.82) is 5.26 Å². The van der Waals surface area contributed by atoms with E-state index in [9.17, 15) is 10.1 Å². The maximum absolute atomic E-state index is 12.5. The molecule has 0 aromatic heterocycles. The lowest BCUT2D eigenvalue weighted by Crippen LogP contribution is -2.13. The van der Waals surface area contributed by atoms with Crippen molar-refractivity contribution in [3.63, 3.8) is 0 Å². The molecule has 0 spiro atoms. The third-order valence-corrected chi connectivity index (χ3v) is 4.10. The number of amides is 1. The Morgan fingerprint density at radius 3 is 2.56 bits per heavy atom. The molecular formula is C21H21ClN2O3. The number of nitrogens with one attached hydrogen (secondary N) is 1. The predicted octanol–water partition coefficient (Wildman–Crippen LogP) is 4.99. The zero-order valence-electron chi connectivity index (χ0n) is 15.5. The van der Waals surface area contributed by atoms with Crippen LogP contribution in [-0.2, 0) is 4.79 Å². The van der Waals surface area contributed by atoms with E-state index < -0.39 is 5.91 Å². The molecule has 0 radical (unpaired) electrons. The summed E-state index contributed by atoms with van der Waals surface area (Å²) in [6.45, 7) is 6.61. The molecule has 0 atom stereocenters. The van der Waals surface area contributed by atoms with Gasteiger partial charge >= 0.3 is 0 Å². The van der Waals surface area contributed by atoms with Gasteiger partial charge in [0.05, 0.1) is 13.2 Å². The van der Waals surface area contributed by atoms with Crippen LogP contribution in [-0.4, -0.2) is 19.1 Å². The van der Waals surface area contributed by atoms with E-state index in [1.165, 1.54) is 6.08 Å². The van der Waals surface area contributed by atoms with Crippen molar-refractivity contribution in [2.75, 3.05) is 18.5 Å². The number of benzene rings is 2. The van der Waals surface area contributed by atoms with Gasteiger partial charge in [-0.1, -0.05) is 17.7 Å². The van der Waals surface area contributed by atoms with Crippen molar-refractivity contribution in [2.24, 2.45) is 0 Å². The first-order valence-electron chi connectivity index (χ1n) is 8.57. The van der Waals surface area contributed by atoms with Gasteiger partial charge in [0.25, 0.3) is 5.91 Å². The summed E-state index contributed by atoms with van der Waals surface area (Å²) in [5, 5.41) is 12.7. The van der Waals surface area contributed by atoms with Gasteiger partial charge in [-0.05, 0) is 56.7 Å². The van der Waals surface area contributed by atoms with E-state index in [4.69, 9.17) is 21.1 Å². The lowest BCUT2D eigenvalue weighted by molar-refractivity contribution is -0.112. The number of nitriles is 1. The van der Waals surface area contributed by atoms with E-state index in [1.54, 1.807) is 36.4 Å². The molecule has 0 bridgehead atoms. The molecule has 0 saturated carbocycles. The summed E-state index contributed by atoms with van der Waals surface area (Å²) in [5.41, 5.74) is 2.00. The Bertz CT molecular complexity index is 901. The molecule has 0 aliphatic heterocycles. The highest BCUT2D eigenvalue weighted by molar-refractivity contribution is 6.31. The monoisotopic (exact) mass is 384 g/mol. The van der Waals surface area contributed by atoms with Crippen LogP contribution in [0.25, 0.3) is 6.08 Å². The molecule has 6 heteroatoms. The lowest BCUT2D eigenvalue weighted by Gasteiger charge is -2.11. The highest BCUT2D eigenvalue weighted by Crippen LogP contribution is 2.27. The molecule has 0 aliphatic rings. The number of hydrogen-bond donors (Lipinski definition) is 1. The number of carbonyl (C=O) groups excluding carboxylic acids is 1. The first-order valence-corrected chi connectivity index (χ1v) is 8.95. The zero-order valence-corrected chi connectivity index (χ0v) is 16.3. The van der Waals surface area contributed by atoms with Gasteiger partial charge in [-0.3, -0.25) is 4.79 Å². The second-order valence-corrected chi connectivity index (χ2v) is 6.06. The van der Waals surface area contributed by atoms with E-state index in [-0.39, 0.29) is 5.57 Å². The number of aryl methyl sites for hydroxylation is 1. The summed E-state index contributed by atoms with van der Waals surface area (Å²) in [6, 6.07) is 12.4. The number of ether oxygens (including phenoxy) is 2. The number of rotatable bonds is 7. The molecule has 140 valence electrons. The van der Waals surface area contributed by atoms with Gasteiger partial charge in [-0.15, -0.1) is 0 Å². The fourth-order valence-corrected chi connectivity index (χ4v) is 2.52. The molecule has 2 rings (SSSR count). The van der Waals surface area contributed by atoms with Crippen molar-refractivity contribution >= 4 is 29.3 Å². The highest BCUT2D eigenvalue weighted by Gasteiger charge is 2.13. The van der Waals surface area contributed by atoms with Gasteiger partial charge in [0.15, 0.2) is 0 Å². The molecule has 0 aliphatic carbocycles. The van der Waals surface area contributed by atoms with E-state index in [1.807, 2.05) is 26.8 Å². The third kappa shape index (κ3) is 5.50. The van der Waals surface area contributed by atoms with Crippen LogP contribution >= 0.6 is 11.6 Å². The quantitative estimate of drug-likeness (QED) is 0.539. The lowest BCUT2D eigenvalue weighted by atomic mass is 10.1. The molecule has 0 unspecified atom stereocenters. The fourth-order valence-electron chi connectivity index (χ4n) is 2.34. The molecule has 0 saturated heterocycles. The van der Waals surface area contributed by atoms with Gasteiger partial charge in [-0.2, -0.15) is 5.26 Å². The van der Waals surface area contributed by atoms with E-state index in [2.05, 4.69) is 5.32 Å². The molecule has 5 nitrogen and oxygen atoms in total. The number of nitrogens with zero attached hydrogens (tertiary/aromatic N) is 1. The maximum Gasteiger partial charge on any atom is 0.266 e. The Morgan fingerprint density at radius 1 is 1.19 bits per heavy atom. The van der Waals surface area contributed by atoms with E-state index in [0.717, 1.165) is 5.56 Å². The Labute approximate surface area is 164 Å². The minimum absolute atomic E-state index is 0.0446. The van der Waals surface area contributed by atoms with Crippen LogP contribution in [0.15, 0.2) is 42.0 Å². The summed E-state index contributed by atoms with van der Waals surface area (Å²) in [6.07, 6.45) is 1.49. The summed E-state index contributed by atoms with van der Waals surface area (Å²) in [5.74, 6) is 0.687. The smallest absolute Gasteiger partial charge is 0.266 e. The van der Waals surface area contributed by atoms with Crippen LogP contribution < -0.4 is 14.8 Å². The fraction of sp³-hybridized carbons (Fsp3) is 0.238. The Balaban J connectivity index is 2.29. The maximum atomic E-state index is 12.5. The molecule has 2 aromatic rings. The van der Waals surface area contributed by atoms with Gasteiger partial charge in [0.2, 0.25) is 0 Å². The number of halogens is 1. The van der Waals surface area contributed by atoms with Crippen molar-refractivity contribution in [2.45, 2.75) is 20.8 Å². The molecule has 0 fully saturated rings. The van der Waals surface area contributed by atoms with E-state index >= 15 is 0 Å². The van der Waals surface area contributed by atoms with Crippen molar-refractivity contribution in [1.82, 2.24) is 0 Å². The van der Waals surface area contributed by atoms with Crippen molar-refractivity contribution in [3.05, 3.63) is 58.1 Å². The highest BCUT2D eigenvalue weighted by atomic mass is 35.5. The Morgan fingerprint density at radius 2 is 1.93 bits per heavy atom. The first-order chi connectivity index (χ1) is 13.0. The largest absolute Gasteiger partial charge is 0.494 e. The normalized spacial score (nSPS) is 10.9. The average Bonchev–Trinajstić information content (AvgIpc) is 2.64. The number of carbonyl (C=O) groups is 1. The second-order valence-electron chi connectivity index (χ2n) is 5.65. The van der Waals surface area contributed by atoms with Gasteiger partial charge in [-0.25, -0.2) is 0 Å². The number of hydrogen-bond acceptors (Lipinski definition) is 4. The molecule has 1 N–H and O–H groups in total. The summed E-state index contributed by atoms with van der Waals surface area (Å²) >= 11 is 6.08. The second kappa shape index (κ2) is 9.65. The van der Waals surface area contributed by atoms with Crippen LogP contribution in [0.1, 0.15) is 25.0 Å². The topological polar surface area (TPSA) is 71.3 Å². The third-order valence-electron chi connectivity index (χ3n) is 3.69. The Kier molecular flexibility index (Phi) is 7.27. The first kappa shape index (κ1) is 20.3. The van der Waals surface area contributed by atoms with Gasteiger partial charge < -0.3 is 14.8 Å². The van der Waals surface area contributed by atoms with Gasteiger partial charge in [0.1, 0.15) is 23.1 Å². The van der Waals surface area contributed by atoms with Crippen molar-refractivity contribution < 1.29 is 14.3 Å². The zero-order chi connectivity index (χ0) is 19.8. The van der Waals surface area contributed by atoms with Crippen LogP contribution in [0.2, 0.25) is 5.02 Å². The molecule has 27 heavy (non-hydrogen) atoms. The molecule has 1 amide bonds.